The number of nitrogens with zero attached hydrogens (tertiary/aromatic N) is 2. The molecule has 0 unspecified atom stereocenters. The van der Waals surface area contributed by atoms with E-state index >= 15 is 0 Å². The van der Waals surface area contributed by atoms with Gasteiger partial charge in [-0.05, 0) is 61.5 Å². The topological polar surface area (TPSA) is 54.5 Å². The minimum Gasteiger partial charge on any atom is -0.444 e. The number of likely N-dealkylation sites (tertiary alicyclic amines) is 1. The molecule has 22 heavy (non-hydrogen) atoms. The van der Waals surface area contributed by atoms with Crippen molar-refractivity contribution in [1.82, 2.24) is 9.88 Å². The van der Waals surface area contributed by atoms with Crippen LogP contribution in [-0.2, 0) is 4.74 Å². The van der Waals surface area contributed by atoms with Gasteiger partial charge in [0.15, 0.2) is 0 Å². The second-order valence-corrected chi connectivity index (χ2v) is 7.60. The number of anilines is 1. The number of carbonyl (C=O) groups excluding carboxylic acids is 1. The molecule has 0 radical (unpaired) electrons. The van der Waals surface area contributed by atoms with Crippen LogP contribution in [0.25, 0.3) is 0 Å². The lowest BCUT2D eigenvalue weighted by atomic mass is 9.97. The van der Waals surface area contributed by atoms with Crippen LogP contribution >= 0.6 is 15.9 Å². The van der Waals surface area contributed by atoms with Crippen LogP contribution in [0.4, 0.5) is 10.5 Å². The number of piperidine rings is 1. The summed E-state index contributed by atoms with van der Waals surface area (Å²) < 4.78 is 6.38. The molecule has 1 aromatic rings. The predicted octanol–water partition coefficient (Wildman–Crippen LogP) is 3.90. The van der Waals surface area contributed by atoms with Gasteiger partial charge in [-0.1, -0.05) is 0 Å². The Kier molecular flexibility index (Phi) is 5.67. The Bertz CT molecular complexity index is 508. The number of aromatic nitrogens is 1. The van der Waals surface area contributed by atoms with Gasteiger partial charge in [-0.2, -0.15) is 0 Å². The summed E-state index contributed by atoms with van der Waals surface area (Å²) in [6.07, 6.45) is 5.38. The number of hydrogen-bond acceptors (Lipinski definition) is 4. The van der Waals surface area contributed by atoms with Crippen LogP contribution in [0.5, 0.6) is 0 Å². The first-order chi connectivity index (χ1) is 10.3. The van der Waals surface area contributed by atoms with Gasteiger partial charge in [0.2, 0.25) is 0 Å². The first-order valence-corrected chi connectivity index (χ1v) is 8.45. The fraction of sp³-hybridized carbons (Fsp3) is 0.625. The van der Waals surface area contributed by atoms with Gasteiger partial charge in [0.25, 0.3) is 0 Å². The molecule has 5 nitrogen and oxygen atoms in total. The van der Waals surface area contributed by atoms with E-state index in [1.165, 1.54) is 0 Å². The van der Waals surface area contributed by atoms with Gasteiger partial charge >= 0.3 is 6.09 Å². The number of carbonyl (C=O) groups is 1. The molecule has 0 spiro atoms. The zero-order chi connectivity index (χ0) is 16.2. The second-order valence-electron chi connectivity index (χ2n) is 6.68. The lowest BCUT2D eigenvalue weighted by molar-refractivity contribution is 0.0188. The monoisotopic (exact) mass is 369 g/mol. The number of nitrogens with one attached hydrogen (secondary N) is 1. The van der Waals surface area contributed by atoms with Gasteiger partial charge in [-0.25, -0.2) is 4.79 Å². The van der Waals surface area contributed by atoms with E-state index < -0.39 is 5.60 Å². The Morgan fingerprint density at radius 2 is 2.09 bits per heavy atom. The highest BCUT2D eigenvalue weighted by Gasteiger charge is 2.26. The minimum atomic E-state index is -0.427. The number of rotatable bonds is 3. The van der Waals surface area contributed by atoms with Crippen molar-refractivity contribution < 1.29 is 9.53 Å². The van der Waals surface area contributed by atoms with Crippen LogP contribution in [0.3, 0.4) is 0 Å². The first kappa shape index (κ1) is 17.1. The van der Waals surface area contributed by atoms with Crippen molar-refractivity contribution in [2.24, 2.45) is 5.92 Å². The van der Waals surface area contributed by atoms with Crippen molar-refractivity contribution >= 4 is 27.7 Å². The molecule has 1 aliphatic heterocycles. The molecule has 0 saturated carbocycles. The average Bonchev–Trinajstić information content (AvgIpc) is 2.44. The lowest BCUT2D eigenvalue weighted by Crippen LogP contribution is -2.42. The maximum absolute atomic E-state index is 12.0. The van der Waals surface area contributed by atoms with Gasteiger partial charge in [0.05, 0.1) is 11.9 Å². The number of hydrogen-bond donors (Lipinski definition) is 1. The Morgan fingerprint density at radius 1 is 1.41 bits per heavy atom. The molecule has 122 valence electrons. The van der Waals surface area contributed by atoms with E-state index in [9.17, 15) is 4.79 Å². The molecular weight excluding hydrogens is 346 g/mol. The van der Waals surface area contributed by atoms with E-state index in [2.05, 4.69) is 26.2 Å². The van der Waals surface area contributed by atoms with Crippen molar-refractivity contribution in [3.05, 3.63) is 22.9 Å². The molecule has 0 aromatic carbocycles. The van der Waals surface area contributed by atoms with Gasteiger partial charge in [0, 0.05) is 30.3 Å². The molecule has 6 heteroatoms. The summed E-state index contributed by atoms with van der Waals surface area (Å²) >= 11 is 3.42. The van der Waals surface area contributed by atoms with Crippen LogP contribution in [0.2, 0.25) is 0 Å². The lowest BCUT2D eigenvalue weighted by Gasteiger charge is -2.33. The van der Waals surface area contributed by atoms with Gasteiger partial charge < -0.3 is 15.0 Å². The normalized spacial score (nSPS) is 16.5. The molecule has 0 bridgehead atoms. The van der Waals surface area contributed by atoms with E-state index in [0.29, 0.717) is 5.92 Å². The number of halogens is 1. The summed E-state index contributed by atoms with van der Waals surface area (Å²) in [7, 11) is 0. The summed E-state index contributed by atoms with van der Waals surface area (Å²) in [4.78, 5) is 18.0. The summed E-state index contributed by atoms with van der Waals surface area (Å²) in [6, 6.07) is 2.02. The SMILES string of the molecule is CC(C)(C)OC(=O)N1CCC(CNc2cncc(Br)c2)CC1. The van der Waals surface area contributed by atoms with Crippen molar-refractivity contribution in [2.45, 2.75) is 39.2 Å². The van der Waals surface area contributed by atoms with Gasteiger partial charge in [0.1, 0.15) is 5.60 Å². The molecule has 0 aliphatic carbocycles. The van der Waals surface area contributed by atoms with Crippen LogP contribution in [-0.4, -0.2) is 41.2 Å². The highest BCUT2D eigenvalue weighted by molar-refractivity contribution is 9.10. The quantitative estimate of drug-likeness (QED) is 0.877. The molecule has 1 N–H and O–H groups in total. The molecule has 2 heterocycles. The van der Waals surface area contributed by atoms with E-state index in [-0.39, 0.29) is 6.09 Å². The average molecular weight is 370 g/mol. The number of amides is 1. The molecule has 1 saturated heterocycles. The third-order valence-electron chi connectivity index (χ3n) is 3.57. The maximum atomic E-state index is 12.0. The molecule has 1 aliphatic rings. The zero-order valence-electron chi connectivity index (χ0n) is 13.4. The van der Waals surface area contributed by atoms with Crippen LogP contribution < -0.4 is 5.32 Å². The summed E-state index contributed by atoms with van der Waals surface area (Å²) in [5.41, 5.74) is 0.590. The molecule has 1 amide bonds. The van der Waals surface area contributed by atoms with Crippen molar-refractivity contribution in [1.29, 1.82) is 0 Å². The van der Waals surface area contributed by atoms with E-state index in [1.54, 1.807) is 6.20 Å². The highest BCUT2D eigenvalue weighted by Crippen LogP contribution is 2.21. The van der Waals surface area contributed by atoms with E-state index in [0.717, 1.165) is 42.6 Å². The predicted molar refractivity (Wildman–Crippen MR) is 91.0 cm³/mol. The summed E-state index contributed by atoms with van der Waals surface area (Å²) in [5, 5.41) is 3.41. The smallest absolute Gasteiger partial charge is 0.410 e. The molecule has 2 rings (SSSR count). The molecule has 1 fully saturated rings. The first-order valence-electron chi connectivity index (χ1n) is 7.66. The third-order valence-corrected chi connectivity index (χ3v) is 4.00. The Hall–Kier alpha value is -1.30. The minimum absolute atomic E-state index is 0.199. The van der Waals surface area contributed by atoms with E-state index in [4.69, 9.17) is 4.74 Å². The number of pyridine rings is 1. The largest absolute Gasteiger partial charge is 0.444 e. The number of ether oxygens (including phenoxy) is 1. The highest BCUT2D eigenvalue weighted by atomic mass is 79.9. The zero-order valence-corrected chi connectivity index (χ0v) is 15.0. The Labute approximate surface area is 140 Å². The van der Waals surface area contributed by atoms with Crippen molar-refractivity contribution in [2.75, 3.05) is 25.0 Å². The molecular formula is C16H24BrN3O2. The fourth-order valence-electron chi connectivity index (χ4n) is 2.42. The summed E-state index contributed by atoms with van der Waals surface area (Å²) in [6.45, 7) is 8.12. The van der Waals surface area contributed by atoms with Crippen LogP contribution in [0.1, 0.15) is 33.6 Å². The molecule has 0 atom stereocenters. The third kappa shape index (κ3) is 5.48. The fourth-order valence-corrected chi connectivity index (χ4v) is 2.78. The van der Waals surface area contributed by atoms with Crippen molar-refractivity contribution in [3.8, 4) is 0 Å². The Balaban J connectivity index is 1.74. The van der Waals surface area contributed by atoms with Crippen LogP contribution in [0.15, 0.2) is 22.9 Å². The van der Waals surface area contributed by atoms with Crippen LogP contribution in [0, 0.1) is 5.92 Å². The van der Waals surface area contributed by atoms with Gasteiger partial charge in [-0.15, -0.1) is 0 Å². The van der Waals surface area contributed by atoms with Gasteiger partial charge in [-0.3, -0.25) is 4.98 Å². The standard InChI is InChI=1S/C16H24BrN3O2/c1-16(2,3)22-15(21)20-6-4-12(5-7-20)9-19-14-8-13(17)10-18-11-14/h8,10-12,19H,4-7,9H2,1-3H3. The summed E-state index contributed by atoms with van der Waals surface area (Å²) in [5.74, 6) is 0.567. The molecule has 1 aromatic heterocycles. The maximum Gasteiger partial charge on any atom is 0.410 e. The van der Waals surface area contributed by atoms with E-state index in [1.807, 2.05) is 37.9 Å². The Morgan fingerprint density at radius 3 is 2.68 bits per heavy atom. The second kappa shape index (κ2) is 7.31. The van der Waals surface area contributed by atoms with Crippen molar-refractivity contribution in [3.63, 3.8) is 0 Å².